The van der Waals surface area contributed by atoms with E-state index in [9.17, 15) is 42.6 Å². The van der Waals surface area contributed by atoms with Crippen LogP contribution in [-0.2, 0) is 22.6 Å². The fourth-order valence-corrected chi connectivity index (χ4v) is 8.28. The van der Waals surface area contributed by atoms with E-state index in [4.69, 9.17) is 31.8 Å². The zero-order valence-corrected chi connectivity index (χ0v) is 34.3. The molecule has 2 spiro atoms. The van der Waals surface area contributed by atoms with Gasteiger partial charge in [-0.05, 0) is 42.3 Å². The topological polar surface area (TPSA) is 294 Å². The second-order valence-corrected chi connectivity index (χ2v) is 16.3. The normalized spacial score (nSPS) is 24.0. The van der Waals surface area contributed by atoms with Crippen LogP contribution in [0.5, 0.6) is 0 Å². The number of nitrogens with zero attached hydrogens (tertiary/aromatic N) is 6. The highest BCUT2D eigenvalue weighted by Gasteiger charge is 2.82. The van der Waals surface area contributed by atoms with Crippen LogP contribution in [-0.4, -0.2) is 183 Å². The lowest BCUT2D eigenvalue weighted by Crippen LogP contribution is -2.91. The van der Waals surface area contributed by atoms with E-state index < -0.39 is 67.2 Å². The number of amides is 8. The van der Waals surface area contributed by atoms with Crippen molar-refractivity contribution in [2.24, 2.45) is 11.5 Å². The van der Waals surface area contributed by atoms with Crippen molar-refractivity contribution in [2.45, 2.75) is 49.0 Å². The first-order valence-electron chi connectivity index (χ1n) is 20.1. The summed E-state index contributed by atoms with van der Waals surface area (Å²) in [6.07, 6.45) is -5.45. The Morgan fingerprint density at radius 3 is 1.32 bits per heavy atom. The molecule has 5 heterocycles. The Labute approximate surface area is 359 Å². The number of guanidine groups is 2. The first-order valence-corrected chi connectivity index (χ1v) is 20.1. The summed E-state index contributed by atoms with van der Waals surface area (Å²) in [6, 6.07) is 11.9. The van der Waals surface area contributed by atoms with Crippen LogP contribution in [0.25, 0.3) is 0 Å². The Hall–Kier alpha value is -6.31. The number of anilines is 2. The van der Waals surface area contributed by atoms with E-state index in [1.165, 1.54) is 19.6 Å². The highest BCUT2D eigenvalue weighted by atomic mass is 19.4. The number of likely N-dealkylation sites (tertiary alicyclic amines) is 2. The summed E-state index contributed by atoms with van der Waals surface area (Å²) in [5.74, 6) is -6.83. The van der Waals surface area contributed by atoms with Crippen molar-refractivity contribution < 1.29 is 52.0 Å². The Morgan fingerprint density at radius 1 is 0.619 bits per heavy atom. The number of benzene rings is 2. The molecule has 2 aromatic carbocycles. The Balaban J connectivity index is 0.877. The highest BCUT2D eigenvalue weighted by molar-refractivity contribution is 5.90. The molecule has 8 amide bonds. The quantitative estimate of drug-likeness (QED) is 0.136. The second-order valence-electron chi connectivity index (χ2n) is 16.3. The number of rotatable bonds is 6. The molecule has 25 heteroatoms. The van der Waals surface area contributed by atoms with Gasteiger partial charge in [0.25, 0.3) is 5.79 Å². The van der Waals surface area contributed by atoms with Crippen molar-refractivity contribution in [2.75, 3.05) is 89.2 Å². The van der Waals surface area contributed by atoms with Gasteiger partial charge in [0.05, 0.1) is 26.2 Å². The maximum absolute atomic E-state index is 14.8. The lowest BCUT2D eigenvalue weighted by molar-refractivity contribution is -0.550. The van der Waals surface area contributed by atoms with Gasteiger partial charge in [-0.15, -0.1) is 0 Å². The number of carbonyl (C=O) groups excluding carboxylic acids is 4. The third-order valence-corrected chi connectivity index (χ3v) is 11.9. The van der Waals surface area contributed by atoms with Crippen molar-refractivity contribution in [1.29, 1.82) is 10.8 Å². The number of halogens is 3. The molecular weight excluding hydrogens is 838 g/mol. The molecule has 22 nitrogen and oxygen atoms in total. The molecule has 5 aliphatic heterocycles. The SMILES string of the molecule is C[C@@]1(O)OC2(CN(C(=O)N3CCN(C(=O)NCc4ccc(NC(=N)N)cc4)CC3)C2)[C@@](O)(C(F)(F)F)OC12CN(C(=O)N1CCN(C(=O)NCc3ccc(NC(=N)N)cc3)CC1)C2. The minimum absolute atomic E-state index is 0.0763. The smallest absolute Gasteiger partial charge is 0.370 e. The van der Waals surface area contributed by atoms with Gasteiger partial charge >= 0.3 is 30.3 Å². The molecule has 0 aromatic heterocycles. The molecule has 2 atom stereocenters. The monoisotopic (exact) mass is 888 g/mol. The molecule has 5 fully saturated rings. The number of nitrogens with two attached hydrogens (primary N) is 2. The number of aliphatic hydroxyl groups is 2. The fourth-order valence-electron chi connectivity index (χ4n) is 8.28. The van der Waals surface area contributed by atoms with E-state index >= 15 is 0 Å². The molecule has 0 aliphatic carbocycles. The number of carbonyl (C=O) groups is 4. The van der Waals surface area contributed by atoms with E-state index in [1.54, 1.807) is 48.5 Å². The van der Waals surface area contributed by atoms with Gasteiger partial charge in [-0.1, -0.05) is 24.3 Å². The van der Waals surface area contributed by atoms with Crippen LogP contribution in [0.15, 0.2) is 48.5 Å². The minimum atomic E-state index is -5.45. The summed E-state index contributed by atoms with van der Waals surface area (Å²) in [5.41, 5.74) is 8.69. The molecule has 0 radical (unpaired) electrons. The van der Waals surface area contributed by atoms with Gasteiger partial charge in [-0.25, -0.2) is 19.2 Å². The fraction of sp³-hybridized carbons (Fsp3) is 0.526. The van der Waals surface area contributed by atoms with Crippen LogP contribution in [0.2, 0.25) is 0 Å². The summed E-state index contributed by atoms with van der Waals surface area (Å²) >= 11 is 0. The van der Waals surface area contributed by atoms with Crippen molar-refractivity contribution in [3.8, 4) is 0 Å². The molecule has 0 bridgehead atoms. The zero-order valence-electron chi connectivity index (χ0n) is 34.3. The third-order valence-electron chi connectivity index (χ3n) is 11.9. The van der Waals surface area contributed by atoms with Gasteiger partial charge in [0.2, 0.25) is 0 Å². The number of alkyl halides is 3. The molecule has 342 valence electrons. The van der Waals surface area contributed by atoms with Crippen molar-refractivity contribution >= 4 is 47.4 Å². The second kappa shape index (κ2) is 16.8. The molecule has 0 unspecified atom stereocenters. The highest BCUT2D eigenvalue weighted by Crippen LogP contribution is 2.57. The van der Waals surface area contributed by atoms with Crippen LogP contribution < -0.4 is 32.7 Å². The molecule has 63 heavy (non-hydrogen) atoms. The van der Waals surface area contributed by atoms with Crippen molar-refractivity contribution in [3.05, 3.63) is 59.7 Å². The zero-order chi connectivity index (χ0) is 45.5. The number of hydrogen-bond donors (Lipinski definition) is 10. The predicted octanol–water partition coefficient (Wildman–Crippen LogP) is 0.00694. The van der Waals surface area contributed by atoms with Gasteiger partial charge in [0.15, 0.2) is 28.9 Å². The lowest BCUT2D eigenvalue weighted by atomic mass is 9.76. The summed E-state index contributed by atoms with van der Waals surface area (Å²) in [4.78, 5) is 60.6. The van der Waals surface area contributed by atoms with Gasteiger partial charge in [-0.2, -0.15) is 13.2 Å². The molecule has 7 rings (SSSR count). The van der Waals surface area contributed by atoms with E-state index in [1.807, 2.05) is 0 Å². The minimum Gasteiger partial charge on any atom is -0.370 e. The van der Waals surface area contributed by atoms with E-state index in [0.717, 1.165) is 27.9 Å². The Bertz CT molecular complexity index is 2080. The summed E-state index contributed by atoms with van der Waals surface area (Å²) in [7, 11) is 0. The van der Waals surface area contributed by atoms with Crippen LogP contribution in [0, 0.1) is 10.8 Å². The van der Waals surface area contributed by atoms with E-state index in [0.29, 0.717) is 11.4 Å². The number of ether oxygens (including phenoxy) is 2. The average Bonchev–Trinajstić information content (AvgIpc) is 3.20. The first-order chi connectivity index (χ1) is 29.6. The van der Waals surface area contributed by atoms with Crippen LogP contribution >= 0.6 is 0 Å². The van der Waals surface area contributed by atoms with Gasteiger partial charge < -0.3 is 81.8 Å². The summed E-state index contributed by atoms with van der Waals surface area (Å²) < 4.78 is 55.7. The molecule has 5 aliphatic rings. The van der Waals surface area contributed by atoms with E-state index in [2.05, 4.69) is 21.3 Å². The number of nitrogens with one attached hydrogen (secondary N) is 6. The molecular formula is C38H51F3N14O8. The van der Waals surface area contributed by atoms with Gasteiger partial charge in [0.1, 0.15) is 0 Å². The van der Waals surface area contributed by atoms with E-state index in [-0.39, 0.29) is 89.4 Å². The maximum atomic E-state index is 14.8. The molecule has 0 saturated carbocycles. The van der Waals surface area contributed by atoms with Crippen molar-refractivity contribution in [3.63, 3.8) is 0 Å². The van der Waals surface area contributed by atoms with Crippen LogP contribution in [0.4, 0.5) is 43.7 Å². The molecule has 2 aromatic rings. The Kier molecular flexibility index (Phi) is 11.9. The number of urea groups is 4. The molecule has 12 N–H and O–H groups in total. The van der Waals surface area contributed by atoms with Gasteiger partial charge in [0, 0.05) is 76.8 Å². The lowest BCUT2D eigenvalue weighted by Gasteiger charge is -2.68. The molecule has 5 saturated heterocycles. The van der Waals surface area contributed by atoms with Crippen LogP contribution in [0.1, 0.15) is 18.1 Å². The number of piperazine rings is 2. The van der Waals surface area contributed by atoms with Crippen LogP contribution in [0.3, 0.4) is 0 Å². The standard InChI is InChI=1S/C38H51F3N14O8/c1-34(60)35(20-54(21-35)32(58)52-14-10-50(11-15-52)30(56)46-18-24-2-6-26(7-3-24)48-28(42)43)63-37(61,38(39,40)41)36(62-34)22-55(23-36)33(59)53-16-12-51(13-17-53)31(57)47-19-25-4-8-27(9-5-25)49-29(44)45/h2-9,60-61H,10-23H2,1H3,(H,46,56)(H,47,57)(H4,42,43,48)(H4,44,45,49)/t34-,37+/m1/s1. The average molecular weight is 889 g/mol. The first kappa shape index (κ1) is 44.7. The summed E-state index contributed by atoms with van der Waals surface area (Å²) in [5, 5.41) is 48.4. The largest absolute Gasteiger partial charge is 0.446 e. The predicted molar refractivity (Wildman–Crippen MR) is 218 cm³/mol. The number of hydrogen-bond acceptors (Lipinski definition) is 10. The van der Waals surface area contributed by atoms with Gasteiger partial charge in [-0.3, -0.25) is 10.8 Å². The maximum Gasteiger partial charge on any atom is 0.446 e. The Morgan fingerprint density at radius 2 is 0.968 bits per heavy atom. The van der Waals surface area contributed by atoms with Crippen molar-refractivity contribution in [1.82, 2.24) is 40.0 Å². The third kappa shape index (κ3) is 8.85. The summed E-state index contributed by atoms with van der Waals surface area (Å²) in [6.45, 7) is -0.128.